The van der Waals surface area contributed by atoms with Crippen LogP contribution in [-0.2, 0) is 6.54 Å². The van der Waals surface area contributed by atoms with Gasteiger partial charge in [-0.25, -0.2) is 4.98 Å². The van der Waals surface area contributed by atoms with E-state index in [1.54, 1.807) is 13.2 Å². The standard InChI is InChI=1S/C19H24ClN5OS/c1-13-4-3-9-25(12-13)17-10-16(20)22-18(23-17)24-19(27)21-11-14-5-7-15(26-2)8-6-14/h5-8,10,13H,3-4,9,11-12H2,1-2H3,(H2,21,22,23,24,27). The van der Waals surface area contributed by atoms with Crippen LogP contribution in [0.3, 0.4) is 0 Å². The fourth-order valence-electron chi connectivity index (χ4n) is 3.09. The first kappa shape index (κ1) is 19.6. The molecule has 2 N–H and O–H groups in total. The minimum absolute atomic E-state index is 0.402. The predicted octanol–water partition coefficient (Wildman–Crippen LogP) is 3.86. The number of piperidine rings is 1. The summed E-state index contributed by atoms with van der Waals surface area (Å²) in [5, 5.41) is 7.03. The van der Waals surface area contributed by atoms with Crippen molar-refractivity contribution in [2.24, 2.45) is 5.92 Å². The summed E-state index contributed by atoms with van der Waals surface area (Å²) < 4.78 is 5.16. The maximum absolute atomic E-state index is 6.20. The second kappa shape index (κ2) is 9.19. The van der Waals surface area contributed by atoms with Crippen molar-refractivity contribution in [1.29, 1.82) is 0 Å². The molecule has 0 aliphatic carbocycles. The number of rotatable bonds is 5. The Labute approximate surface area is 170 Å². The van der Waals surface area contributed by atoms with Crippen LogP contribution in [0.15, 0.2) is 30.3 Å². The summed E-state index contributed by atoms with van der Waals surface area (Å²) in [5.74, 6) is 2.72. The van der Waals surface area contributed by atoms with Gasteiger partial charge in [0, 0.05) is 25.7 Å². The van der Waals surface area contributed by atoms with Gasteiger partial charge in [0.1, 0.15) is 16.7 Å². The van der Waals surface area contributed by atoms with Crippen LogP contribution in [0.1, 0.15) is 25.3 Å². The highest BCUT2D eigenvalue weighted by molar-refractivity contribution is 7.80. The molecule has 8 heteroatoms. The van der Waals surface area contributed by atoms with Gasteiger partial charge in [0.05, 0.1) is 7.11 Å². The van der Waals surface area contributed by atoms with E-state index in [9.17, 15) is 0 Å². The number of nitrogens with one attached hydrogen (secondary N) is 2. The molecule has 144 valence electrons. The van der Waals surface area contributed by atoms with Crippen LogP contribution < -0.4 is 20.3 Å². The van der Waals surface area contributed by atoms with E-state index < -0.39 is 0 Å². The summed E-state index contributed by atoms with van der Waals surface area (Å²) in [4.78, 5) is 11.1. The Morgan fingerprint density at radius 2 is 2.11 bits per heavy atom. The van der Waals surface area contributed by atoms with Crippen LogP contribution in [0.4, 0.5) is 11.8 Å². The van der Waals surface area contributed by atoms with E-state index in [0.29, 0.717) is 28.7 Å². The largest absolute Gasteiger partial charge is 0.497 e. The lowest BCUT2D eigenvalue weighted by molar-refractivity contribution is 0.414. The molecular weight excluding hydrogens is 382 g/mol. The first-order valence-corrected chi connectivity index (χ1v) is 9.79. The lowest BCUT2D eigenvalue weighted by Crippen LogP contribution is -2.35. The van der Waals surface area contributed by atoms with E-state index in [1.165, 1.54) is 6.42 Å². The predicted molar refractivity (Wildman–Crippen MR) is 114 cm³/mol. The van der Waals surface area contributed by atoms with Crippen molar-refractivity contribution in [1.82, 2.24) is 15.3 Å². The maximum Gasteiger partial charge on any atom is 0.232 e. The zero-order chi connectivity index (χ0) is 19.2. The molecule has 1 atom stereocenters. The molecular formula is C19H24ClN5OS. The third kappa shape index (κ3) is 5.68. The molecule has 2 aromatic rings. The quantitative estimate of drug-likeness (QED) is 0.578. The van der Waals surface area contributed by atoms with Gasteiger partial charge < -0.3 is 20.3 Å². The molecule has 0 spiro atoms. The number of nitrogens with zero attached hydrogens (tertiary/aromatic N) is 3. The Morgan fingerprint density at radius 1 is 1.33 bits per heavy atom. The molecule has 1 aliphatic heterocycles. The van der Waals surface area contributed by atoms with Crippen LogP contribution in [0, 0.1) is 5.92 Å². The molecule has 0 saturated carbocycles. The number of benzene rings is 1. The molecule has 1 aromatic heterocycles. The molecule has 2 heterocycles. The number of hydrogen-bond acceptors (Lipinski definition) is 5. The normalized spacial score (nSPS) is 16.7. The van der Waals surface area contributed by atoms with Gasteiger partial charge in [0.2, 0.25) is 5.95 Å². The molecule has 3 rings (SSSR count). The molecule has 27 heavy (non-hydrogen) atoms. The second-order valence-electron chi connectivity index (χ2n) is 6.72. The highest BCUT2D eigenvalue weighted by Gasteiger charge is 2.19. The topological polar surface area (TPSA) is 62.3 Å². The number of thiocarbonyl (C=S) groups is 1. The van der Waals surface area contributed by atoms with Gasteiger partial charge in [0.15, 0.2) is 5.11 Å². The van der Waals surface area contributed by atoms with Crippen molar-refractivity contribution in [2.45, 2.75) is 26.3 Å². The van der Waals surface area contributed by atoms with Crippen LogP contribution in [0.5, 0.6) is 5.75 Å². The van der Waals surface area contributed by atoms with Crippen LogP contribution in [-0.4, -0.2) is 35.3 Å². The third-order valence-electron chi connectivity index (χ3n) is 4.50. The Balaban J connectivity index is 1.59. The molecule has 1 aliphatic rings. The van der Waals surface area contributed by atoms with Gasteiger partial charge in [-0.3, -0.25) is 0 Å². The second-order valence-corrected chi connectivity index (χ2v) is 7.52. The first-order chi connectivity index (χ1) is 13.0. The fourth-order valence-corrected chi connectivity index (χ4v) is 3.43. The van der Waals surface area contributed by atoms with E-state index in [1.807, 2.05) is 24.3 Å². The zero-order valence-electron chi connectivity index (χ0n) is 15.5. The van der Waals surface area contributed by atoms with Gasteiger partial charge in [-0.05, 0) is 48.7 Å². The monoisotopic (exact) mass is 405 g/mol. The number of hydrogen-bond donors (Lipinski definition) is 2. The summed E-state index contributed by atoms with van der Waals surface area (Å²) in [6.07, 6.45) is 2.41. The average molecular weight is 406 g/mol. The molecule has 0 amide bonds. The molecule has 6 nitrogen and oxygen atoms in total. The summed E-state index contributed by atoms with van der Waals surface area (Å²) in [5.41, 5.74) is 1.09. The summed E-state index contributed by atoms with van der Waals surface area (Å²) in [7, 11) is 1.65. The maximum atomic E-state index is 6.20. The third-order valence-corrected chi connectivity index (χ3v) is 4.94. The van der Waals surface area contributed by atoms with Crippen molar-refractivity contribution in [3.8, 4) is 5.75 Å². The first-order valence-electron chi connectivity index (χ1n) is 9.01. The van der Waals surface area contributed by atoms with Gasteiger partial charge in [-0.15, -0.1) is 0 Å². The molecule has 1 unspecified atom stereocenters. The van der Waals surface area contributed by atoms with E-state index in [0.717, 1.165) is 36.6 Å². The minimum Gasteiger partial charge on any atom is -0.497 e. The van der Waals surface area contributed by atoms with Crippen molar-refractivity contribution in [3.05, 3.63) is 41.0 Å². The number of methoxy groups -OCH3 is 1. The van der Waals surface area contributed by atoms with Crippen LogP contribution >= 0.6 is 23.8 Å². The fraction of sp³-hybridized carbons (Fsp3) is 0.421. The number of ether oxygens (including phenoxy) is 1. The van der Waals surface area contributed by atoms with Crippen molar-refractivity contribution in [3.63, 3.8) is 0 Å². The van der Waals surface area contributed by atoms with E-state index in [-0.39, 0.29) is 0 Å². The number of halogens is 1. The van der Waals surface area contributed by atoms with Gasteiger partial charge in [-0.1, -0.05) is 30.7 Å². The highest BCUT2D eigenvalue weighted by Crippen LogP contribution is 2.24. The zero-order valence-corrected chi connectivity index (χ0v) is 17.1. The Hall–Kier alpha value is -2.12. The molecule has 1 fully saturated rings. The van der Waals surface area contributed by atoms with Crippen molar-refractivity contribution in [2.75, 3.05) is 30.4 Å². The summed E-state index contributed by atoms with van der Waals surface area (Å²) >= 11 is 11.6. The average Bonchev–Trinajstić information content (AvgIpc) is 2.66. The Morgan fingerprint density at radius 3 is 2.81 bits per heavy atom. The van der Waals surface area contributed by atoms with Crippen molar-refractivity contribution >= 4 is 40.7 Å². The smallest absolute Gasteiger partial charge is 0.232 e. The molecule has 1 aromatic carbocycles. The van der Waals surface area contributed by atoms with Crippen LogP contribution in [0.25, 0.3) is 0 Å². The van der Waals surface area contributed by atoms with Gasteiger partial charge in [0.25, 0.3) is 0 Å². The molecule has 0 bridgehead atoms. The number of anilines is 2. The molecule has 0 radical (unpaired) electrons. The van der Waals surface area contributed by atoms with Crippen molar-refractivity contribution < 1.29 is 4.74 Å². The molecule has 1 saturated heterocycles. The Kier molecular flexibility index (Phi) is 6.68. The lowest BCUT2D eigenvalue weighted by atomic mass is 10.0. The van der Waals surface area contributed by atoms with E-state index in [2.05, 4.69) is 32.4 Å². The highest BCUT2D eigenvalue weighted by atomic mass is 35.5. The van der Waals surface area contributed by atoms with E-state index in [4.69, 9.17) is 28.6 Å². The Bertz CT molecular complexity index is 786. The summed E-state index contributed by atoms with van der Waals surface area (Å²) in [6, 6.07) is 9.61. The number of aromatic nitrogens is 2. The SMILES string of the molecule is COc1ccc(CNC(=S)Nc2nc(Cl)cc(N3CCCC(C)C3)n2)cc1. The minimum atomic E-state index is 0.402. The van der Waals surface area contributed by atoms with Crippen LogP contribution in [0.2, 0.25) is 5.15 Å². The lowest BCUT2D eigenvalue weighted by Gasteiger charge is -2.32. The van der Waals surface area contributed by atoms with Gasteiger partial charge >= 0.3 is 0 Å². The van der Waals surface area contributed by atoms with E-state index >= 15 is 0 Å². The summed E-state index contributed by atoms with van der Waals surface area (Å²) in [6.45, 7) is 4.81. The van der Waals surface area contributed by atoms with Gasteiger partial charge in [-0.2, -0.15) is 4.98 Å².